The molecule has 0 rings (SSSR count). The minimum Gasteiger partial charge on any atom is -0.550 e. The number of unbranched alkanes of at least 4 members (excludes halogenated alkanes) is 4. The molecular formula is C14H30NNaO5. The van der Waals surface area contributed by atoms with E-state index in [2.05, 4.69) is 6.92 Å². The van der Waals surface area contributed by atoms with Gasteiger partial charge in [-0.15, -0.1) is 0 Å². The second kappa shape index (κ2) is 22.6. The molecule has 6 nitrogen and oxygen atoms in total. The molecule has 0 aromatic carbocycles. The minimum absolute atomic E-state index is 0. The van der Waals surface area contributed by atoms with Crippen molar-refractivity contribution in [1.29, 1.82) is 0 Å². The summed E-state index contributed by atoms with van der Waals surface area (Å²) in [5.74, 6) is -0.920. The molecule has 0 bridgehead atoms. The van der Waals surface area contributed by atoms with Crippen molar-refractivity contribution in [3.05, 3.63) is 0 Å². The third kappa shape index (κ3) is 25.6. The minimum atomic E-state index is -0.920. The monoisotopic (exact) mass is 315 g/mol. The maximum Gasteiger partial charge on any atom is 1.00 e. The van der Waals surface area contributed by atoms with Gasteiger partial charge in [-0.25, -0.2) is 0 Å². The molecule has 0 aliphatic rings. The Morgan fingerprint density at radius 3 is 1.67 bits per heavy atom. The smallest absolute Gasteiger partial charge is 0.550 e. The summed E-state index contributed by atoms with van der Waals surface area (Å²) in [4.78, 5) is 11.7. The molecule has 7 heteroatoms. The molecule has 0 aromatic heterocycles. The zero-order chi connectivity index (χ0) is 15.6. The van der Waals surface area contributed by atoms with Crippen LogP contribution in [-0.4, -0.2) is 65.6 Å². The van der Waals surface area contributed by atoms with Gasteiger partial charge in [0.15, 0.2) is 0 Å². The van der Waals surface area contributed by atoms with Crippen LogP contribution in [-0.2, 0) is 4.79 Å². The zero-order valence-electron chi connectivity index (χ0n) is 13.6. The summed E-state index contributed by atoms with van der Waals surface area (Å²) >= 11 is 0. The fourth-order valence-corrected chi connectivity index (χ4v) is 1.63. The quantitative estimate of drug-likeness (QED) is 0.254. The molecule has 21 heavy (non-hydrogen) atoms. The summed E-state index contributed by atoms with van der Waals surface area (Å²) < 4.78 is 0. The molecule has 0 unspecified atom stereocenters. The fourth-order valence-electron chi connectivity index (χ4n) is 1.63. The van der Waals surface area contributed by atoms with Crippen LogP contribution in [0.25, 0.3) is 0 Å². The predicted octanol–water partition coefficient (Wildman–Crippen LogP) is -3.63. The van der Waals surface area contributed by atoms with Crippen LogP contribution >= 0.6 is 0 Å². The number of aliphatic hydroxyl groups is 3. The predicted molar refractivity (Wildman–Crippen MR) is 76.1 cm³/mol. The average Bonchev–Trinajstić information content (AvgIpc) is 2.40. The Kier molecular flexibility index (Phi) is 28.2. The van der Waals surface area contributed by atoms with Crippen molar-refractivity contribution < 1.29 is 54.8 Å². The van der Waals surface area contributed by atoms with Gasteiger partial charge in [-0.1, -0.05) is 32.6 Å². The summed E-state index contributed by atoms with van der Waals surface area (Å²) in [7, 11) is 0. The first-order valence-corrected chi connectivity index (χ1v) is 7.37. The summed E-state index contributed by atoms with van der Waals surface area (Å²) in [6.45, 7) is 3.89. The molecule has 3 N–H and O–H groups in total. The van der Waals surface area contributed by atoms with Crippen LogP contribution in [0.4, 0.5) is 0 Å². The SMILES string of the molecule is CCCCCCCC(=O)[O-].OCCN(CCO)CCO.[Na+]. The molecule has 0 radical (unpaired) electrons. The summed E-state index contributed by atoms with van der Waals surface area (Å²) in [5.41, 5.74) is 0. The molecule has 0 aliphatic carbocycles. The van der Waals surface area contributed by atoms with Gasteiger partial charge in [0.1, 0.15) is 0 Å². The Bertz CT molecular complexity index is 194. The van der Waals surface area contributed by atoms with Crippen molar-refractivity contribution in [3.8, 4) is 0 Å². The standard InChI is InChI=1S/C8H16O2.C6H15NO3.Na/c1-2-3-4-5-6-7-8(9)10;8-4-1-7(2-5-9)3-6-10;/h2-7H2,1H3,(H,9,10);8-10H,1-6H2;/q;;+1/p-1. The van der Waals surface area contributed by atoms with Gasteiger partial charge < -0.3 is 25.2 Å². The second-order valence-electron chi connectivity index (χ2n) is 4.55. The molecule has 0 saturated carbocycles. The van der Waals surface area contributed by atoms with E-state index in [-0.39, 0.29) is 55.8 Å². The van der Waals surface area contributed by atoms with Crippen LogP contribution in [0.5, 0.6) is 0 Å². The van der Waals surface area contributed by atoms with Crippen molar-refractivity contribution in [1.82, 2.24) is 4.90 Å². The van der Waals surface area contributed by atoms with Gasteiger partial charge in [-0.2, -0.15) is 0 Å². The van der Waals surface area contributed by atoms with Crippen molar-refractivity contribution in [3.63, 3.8) is 0 Å². The number of carbonyl (C=O) groups is 1. The third-order valence-electron chi connectivity index (χ3n) is 2.73. The molecule has 0 aromatic rings. The number of hydrogen-bond donors (Lipinski definition) is 3. The van der Waals surface area contributed by atoms with Crippen molar-refractivity contribution in [2.24, 2.45) is 0 Å². The van der Waals surface area contributed by atoms with Crippen molar-refractivity contribution in [2.75, 3.05) is 39.5 Å². The van der Waals surface area contributed by atoms with E-state index < -0.39 is 5.97 Å². The first-order chi connectivity index (χ1) is 9.62. The van der Waals surface area contributed by atoms with Crippen LogP contribution in [0.3, 0.4) is 0 Å². The van der Waals surface area contributed by atoms with E-state index in [0.717, 1.165) is 19.3 Å². The Hall–Kier alpha value is 0.310. The number of rotatable bonds is 12. The number of carbonyl (C=O) groups excluding carboxylic acids is 1. The largest absolute Gasteiger partial charge is 1.00 e. The van der Waals surface area contributed by atoms with Gasteiger partial charge in [0.2, 0.25) is 0 Å². The Balaban J connectivity index is -0.000000295. The van der Waals surface area contributed by atoms with Crippen LogP contribution in [0.1, 0.15) is 45.4 Å². The summed E-state index contributed by atoms with van der Waals surface area (Å²) in [6, 6.07) is 0. The Morgan fingerprint density at radius 1 is 0.905 bits per heavy atom. The average molecular weight is 315 g/mol. The van der Waals surface area contributed by atoms with Crippen LogP contribution in [0, 0.1) is 0 Å². The molecule has 0 atom stereocenters. The second-order valence-corrected chi connectivity index (χ2v) is 4.55. The number of carboxylic acid groups (broad SMARTS) is 1. The van der Waals surface area contributed by atoms with E-state index >= 15 is 0 Å². The van der Waals surface area contributed by atoms with Crippen LogP contribution in [0.2, 0.25) is 0 Å². The van der Waals surface area contributed by atoms with E-state index in [9.17, 15) is 9.90 Å². The zero-order valence-corrected chi connectivity index (χ0v) is 15.6. The van der Waals surface area contributed by atoms with E-state index in [1.807, 2.05) is 0 Å². The molecule has 0 heterocycles. The molecular weight excluding hydrogens is 285 g/mol. The van der Waals surface area contributed by atoms with E-state index in [1.54, 1.807) is 4.90 Å². The third-order valence-corrected chi connectivity index (χ3v) is 2.73. The number of hydrogen-bond acceptors (Lipinski definition) is 6. The van der Waals surface area contributed by atoms with Gasteiger partial charge in [0.05, 0.1) is 19.8 Å². The Morgan fingerprint density at radius 2 is 1.33 bits per heavy atom. The number of carboxylic acids is 1. The first-order valence-electron chi connectivity index (χ1n) is 7.37. The van der Waals surface area contributed by atoms with E-state index in [4.69, 9.17) is 15.3 Å². The maximum atomic E-state index is 9.92. The summed E-state index contributed by atoms with van der Waals surface area (Å²) in [6.07, 6.45) is 5.61. The van der Waals surface area contributed by atoms with Gasteiger partial charge in [0, 0.05) is 25.6 Å². The molecule has 0 saturated heterocycles. The van der Waals surface area contributed by atoms with Crippen molar-refractivity contribution >= 4 is 5.97 Å². The first kappa shape index (κ1) is 26.2. The fraction of sp³-hybridized carbons (Fsp3) is 0.929. The maximum absolute atomic E-state index is 9.92. The number of aliphatic carboxylic acids is 1. The molecule has 0 amide bonds. The van der Waals surface area contributed by atoms with E-state index in [1.165, 1.54) is 12.8 Å². The normalized spacial score (nSPS) is 9.76. The van der Waals surface area contributed by atoms with Crippen LogP contribution in [0.15, 0.2) is 0 Å². The molecule has 0 fully saturated rings. The topological polar surface area (TPSA) is 104 Å². The molecule has 0 aliphatic heterocycles. The Labute approximate surface area is 150 Å². The number of nitrogens with zero attached hydrogens (tertiary/aromatic N) is 1. The van der Waals surface area contributed by atoms with Crippen molar-refractivity contribution in [2.45, 2.75) is 45.4 Å². The van der Waals surface area contributed by atoms with Gasteiger partial charge in [0.25, 0.3) is 0 Å². The van der Waals surface area contributed by atoms with Gasteiger partial charge in [-0.05, 0) is 12.8 Å². The van der Waals surface area contributed by atoms with Gasteiger partial charge >= 0.3 is 29.6 Å². The number of aliphatic hydroxyl groups excluding tert-OH is 3. The molecule has 0 spiro atoms. The summed E-state index contributed by atoms with van der Waals surface area (Å²) in [5, 5.41) is 35.4. The molecule has 122 valence electrons. The van der Waals surface area contributed by atoms with Crippen LogP contribution < -0.4 is 34.7 Å². The van der Waals surface area contributed by atoms with E-state index in [0.29, 0.717) is 19.6 Å². The van der Waals surface area contributed by atoms with Gasteiger partial charge in [-0.3, -0.25) is 4.90 Å².